The molecule has 0 saturated heterocycles. The molecule has 1 aromatic carbocycles. The van der Waals surface area contributed by atoms with Gasteiger partial charge in [0.2, 0.25) is 0 Å². The number of carboxylic acid groups (broad SMARTS) is 1. The van der Waals surface area contributed by atoms with Crippen LogP contribution in [0.15, 0.2) is 24.3 Å². The number of aliphatic hydroxyl groups excluding tert-OH is 1. The lowest BCUT2D eigenvalue weighted by atomic mass is 9.77. The number of carbonyl (C=O) groups is 1. The second-order valence-electron chi connectivity index (χ2n) is 4.63. The molecule has 4 N–H and O–H groups in total. The fourth-order valence-corrected chi connectivity index (χ4v) is 2.12. The van der Waals surface area contributed by atoms with Gasteiger partial charge >= 0.3 is 5.97 Å². The molecule has 1 fully saturated rings. The summed E-state index contributed by atoms with van der Waals surface area (Å²) in [5.41, 5.74) is 7.00. The molecule has 18 heavy (non-hydrogen) atoms. The Hall–Kier alpha value is -1.10. The van der Waals surface area contributed by atoms with Gasteiger partial charge < -0.3 is 15.9 Å². The fourth-order valence-electron chi connectivity index (χ4n) is 2.12. The molecule has 1 saturated carbocycles. The molecule has 0 heterocycles. The van der Waals surface area contributed by atoms with Crippen LogP contribution in [0.25, 0.3) is 0 Å². The molecule has 0 bridgehead atoms. The van der Waals surface area contributed by atoms with E-state index in [-0.39, 0.29) is 18.0 Å². The topological polar surface area (TPSA) is 83.6 Å². The summed E-state index contributed by atoms with van der Waals surface area (Å²) < 4.78 is 0. The highest BCUT2D eigenvalue weighted by molar-refractivity contribution is 5.87. The smallest absolute Gasteiger partial charge is 0.335 e. The van der Waals surface area contributed by atoms with Gasteiger partial charge in [0.1, 0.15) is 0 Å². The Balaban J connectivity index is 0.00000162. The third-order valence-corrected chi connectivity index (χ3v) is 3.54. The van der Waals surface area contributed by atoms with E-state index in [2.05, 4.69) is 0 Å². The third-order valence-electron chi connectivity index (χ3n) is 3.54. The highest BCUT2D eigenvalue weighted by Crippen LogP contribution is 2.34. The van der Waals surface area contributed by atoms with Crippen LogP contribution >= 0.6 is 12.4 Å². The van der Waals surface area contributed by atoms with Gasteiger partial charge in [0.15, 0.2) is 0 Å². The van der Waals surface area contributed by atoms with Crippen LogP contribution in [0.2, 0.25) is 0 Å². The van der Waals surface area contributed by atoms with Crippen molar-refractivity contribution in [3.8, 4) is 0 Å². The van der Waals surface area contributed by atoms with Gasteiger partial charge in [0, 0.05) is 0 Å². The van der Waals surface area contributed by atoms with E-state index in [9.17, 15) is 9.90 Å². The minimum atomic E-state index is -0.954. The number of halogens is 1. The van der Waals surface area contributed by atoms with Crippen molar-refractivity contribution in [1.82, 2.24) is 0 Å². The predicted molar refractivity (Wildman–Crippen MR) is 70.9 cm³/mol. The third kappa shape index (κ3) is 3.02. The molecular formula is C13H18ClNO3. The number of nitrogens with two attached hydrogens (primary N) is 1. The van der Waals surface area contributed by atoms with Crippen molar-refractivity contribution >= 4 is 18.4 Å². The van der Waals surface area contributed by atoms with E-state index in [1.54, 1.807) is 12.1 Å². The average Bonchev–Trinajstić information content (AvgIpc) is 2.25. The Morgan fingerprint density at radius 2 is 1.83 bits per heavy atom. The maximum atomic E-state index is 10.7. The van der Waals surface area contributed by atoms with Crippen molar-refractivity contribution in [3.05, 3.63) is 35.4 Å². The quantitative estimate of drug-likeness (QED) is 0.782. The molecule has 0 aliphatic heterocycles. The van der Waals surface area contributed by atoms with Crippen molar-refractivity contribution in [2.24, 2.45) is 11.7 Å². The molecule has 2 atom stereocenters. The van der Waals surface area contributed by atoms with Crippen LogP contribution in [0.3, 0.4) is 0 Å². The summed E-state index contributed by atoms with van der Waals surface area (Å²) in [5, 5.41) is 18.8. The van der Waals surface area contributed by atoms with Gasteiger partial charge in [-0.15, -0.1) is 12.4 Å². The van der Waals surface area contributed by atoms with Crippen LogP contribution < -0.4 is 5.73 Å². The second kappa shape index (κ2) is 6.18. The largest absolute Gasteiger partial charge is 0.478 e. The first kappa shape index (κ1) is 15.0. The van der Waals surface area contributed by atoms with Crippen LogP contribution in [0.4, 0.5) is 0 Å². The van der Waals surface area contributed by atoms with Gasteiger partial charge in [0.25, 0.3) is 0 Å². The summed E-state index contributed by atoms with van der Waals surface area (Å²) in [5.74, 6) is -0.659. The summed E-state index contributed by atoms with van der Waals surface area (Å²) in [6, 6.07) is 5.96. The van der Waals surface area contributed by atoms with Gasteiger partial charge in [0.05, 0.1) is 17.7 Å². The molecule has 2 rings (SSSR count). The lowest BCUT2D eigenvalue weighted by molar-refractivity contribution is 0.0414. The maximum Gasteiger partial charge on any atom is 0.335 e. The lowest BCUT2D eigenvalue weighted by Crippen LogP contribution is -2.36. The Bertz CT molecular complexity index is 403. The number of rotatable bonds is 4. The highest BCUT2D eigenvalue weighted by atomic mass is 35.5. The van der Waals surface area contributed by atoms with E-state index in [0.717, 1.165) is 24.8 Å². The summed E-state index contributed by atoms with van der Waals surface area (Å²) in [7, 11) is 0. The average molecular weight is 272 g/mol. The Kier molecular flexibility index (Phi) is 5.14. The first-order chi connectivity index (χ1) is 8.09. The lowest BCUT2D eigenvalue weighted by Gasteiger charge is -2.33. The molecule has 0 unspecified atom stereocenters. The second-order valence-corrected chi connectivity index (χ2v) is 4.63. The number of benzene rings is 1. The Morgan fingerprint density at radius 3 is 2.22 bits per heavy atom. The van der Waals surface area contributed by atoms with E-state index < -0.39 is 18.1 Å². The zero-order chi connectivity index (χ0) is 12.4. The Morgan fingerprint density at radius 1 is 1.28 bits per heavy atom. The van der Waals surface area contributed by atoms with Gasteiger partial charge in [-0.2, -0.15) is 0 Å². The van der Waals surface area contributed by atoms with Crippen molar-refractivity contribution < 1.29 is 15.0 Å². The molecule has 5 heteroatoms. The monoisotopic (exact) mass is 271 g/mol. The summed E-state index contributed by atoms with van der Waals surface area (Å²) in [4.78, 5) is 10.7. The molecule has 4 nitrogen and oxygen atoms in total. The molecule has 0 spiro atoms. The molecule has 0 aromatic heterocycles. The SMILES string of the molecule is Cl.N[C@@H](c1ccc(C(=O)O)cc1)[C@H](O)C1CCC1. The van der Waals surface area contributed by atoms with E-state index in [1.807, 2.05) is 0 Å². The van der Waals surface area contributed by atoms with Crippen LogP contribution in [0, 0.1) is 5.92 Å². The van der Waals surface area contributed by atoms with Crippen molar-refractivity contribution in [1.29, 1.82) is 0 Å². The van der Waals surface area contributed by atoms with Crippen LogP contribution in [0.1, 0.15) is 41.2 Å². The van der Waals surface area contributed by atoms with Gasteiger partial charge in [-0.05, 0) is 36.5 Å². The highest BCUT2D eigenvalue weighted by Gasteiger charge is 2.30. The number of hydrogen-bond acceptors (Lipinski definition) is 3. The molecular weight excluding hydrogens is 254 g/mol. The molecule has 1 aliphatic carbocycles. The summed E-state index contributed by atoms with van der Waals surface area (Å²) >= 11 is 0. The Labute approximate surface area is 112 Å². The van der Waals surface area contributed by atoms with Crippen LogP contribution in [0.5, 0.6) is 0 Å². The normalized spacial score (nSPS) is 18.3. The van der Waals surface area contributed by atoms with Gasteiger partial charge in [-0.25, -0.2) is 4.79 Å². The zero-order valence-corrected chi connectivity index (χ0v) is 10.8. The van der Waals surface area contributed by atoms with Crippen molar-refractivity contribution in [2.75, 3.05) is 0 Å². The maximum absolute atomic E-state index is 10.7. The number of hydrogen-bond donors (Lipinski definition) is 3. The standard InChI is InChI=1S/C13H17NO3.ClH/c14-11(12(15)9-2-1-3-9)8-4-6-10(7-5-8)13(16)17;/h4-7,9,11-12,15H,1-3,14H2,(H,16,17);1H/t11-,12+;/m0./s1. The minimum absolute atomic E-state index is 0. The van der Waals surface area contributed by atoms with Crippen LogP contribution in [-0.2, 0) is 0 Å². The number of aliphatic hydroxyl groups is 1. The molecule has 1 aromatic rings. The minimum Gasteiger partial charge on any atom is -0.478 e. The van der Waals surface area contributed by atoms with Crippen molar-refractivity contribution in [2.45, 2.75) is 31.4 Å². The van der Waals surface area contributed by atoms with E-state index in [0.29, 0.717) is 5.92 Å². The van der Waals surface area contributed by atoms with E-state index in [1.165, 1.54) is 12.1 Å². The first-order valence-corrected chi connectivity index (χ1v) is 5.86. The summed E-state index contributed by atoms with van der Waals surface area (Å²) in [6.07, 6.45) is 2.69. The van der Waals surface area contributed by atoms with E-state index in [4.69, 9.17) is 10.8 Å². The van der Waals surface area contributed by atoms with E-state index >= 15 is 0 Å². The van der Waals surface area contributed by atoms with Gasteiger partial charge in [-0.1, -0.05) is 18.6 Å². The molecule has 0 radical (unpaired) electrons. The van der Waals surface area contributed by atoms with Gasteiger partial charge in [-0.3, -0.25) is 0 Å². The predicted octanol–water partition coefficient (Wildman–Crippen LogP) is 1.97. The molecule has 1 aliphatic rings. The first-order valence-electron chi connectivity index (χ1n) is 5.86. The number of aromatic carboxylic acids is 1. The number of carboxylic acids is 1. The molecule has 100 valence electrons. The summed E-state index contributed by atoms with van der Waals surface area (Å²) in [6.45, 7) is 0. The van der Waals surface area contributed by atoms with Crippen molar-refractivity contribution in [3.63, 3.8) is 0 Å². The van der Waals surface area contributed by atoms with Crippen LogP contribution in [-0.4, -0.2) is 22.3 Å². The fraction of sp³-hybridized carbons (Fsp3) is 0.462. The molecule has 0 amide bonds. The zero-order valence-electron chi connectivity index (χ0n) is 9.95.